The lowest BCUT2D eigenvalue weighted by Gasteiger charge is -2.07. The summed E-state index contributed by atoms with van der Waals surface area (Å²) in [5, 5.41) is 9.03. The molecular formula is C14H10N2O. The fourth-order valence-electron chi connectivity index (χ4n) is 1.71. The molecule has 3 heteroatoms. The monoisotopic (exact) mass is 222 g/mol. The van der Waals surface area contributed by atoms with Gasteiger partial charge >= 0.3 is 0 Å². The van der Waals surface area contributed by atoms with Gasteiger partial charge in [-0.15, -0.1) is 0 Å². The predicted octanol–water partition coefficient (Wildman–Crippen LogP) is 2.82. The van der Waals surface area contributed by atoms with Crippen LogP contribution in [0.1, 0.15) is 22.8 Å². The van der Waals surface area contributed by atoms with Crippen LogP contribution in [0.5, 0.6) is 0 Å². The smallest absolute Gasteiger partial charge is 0.160 e. The summed E-state index contributed by atoms with van der Waals surface area (Å²) in [6.45, 7) is 1.51. The molecule has 0 spiro atoms. The molecule has 82 valence electrons. The molecule has 1 aromatic carbocycles. The molecule has 0 aliphatic carbocycles. The van der Waals surface area contributed by atoms with E-state index in [1.807, 2.05) is 6.07 Å². The van der Waals surface area contributed by atoms with E-state index in [1.54, 1.807) is 36.5 Å². The zero-order valence-corrected chi connectivity index (χ0v) is 9.34. The van der Waals surface area contributed by atoms with Gasteiger partial charge in [-0.25, -0.2) is 0 Å². The number of nitriles is 1. The molecular weight excluding hydrogens is 212 g/mol. The molecule has 0 atom stereocenters. The number of nitrogens with zero attached hydrogens (tertiary/aromatic N) is 2. The van der Waals surface area contributed by atoms with Gasteiger partial charge in [-0.1, -0.05) is 24.3 Å². The van der Waals surface area contributed by atoms with E-state index in [2.05, 4.69) is 11.1 Å². The molecule has 2 rings (SSSR count). The maximum absolute atomic E-state index is 11.5. The highest BCUT2D eigenvalue weighted by molar-refractivity contribution is 6.00. The fraction of sp³-hybridized carbons (Fsp3) is 0.0714. The van der Waals surface area contributed by atoms with E-state index in [-0.39, 0.29) is 5.78 Å². The number of Topliss-reactive ketones (excluding diaryl/α,β-unsaturated/α-hetero) is 1. The first-order valence-electron chi connectivity index (χ1n) is 5.19. The van der Waals surface area contributed by atoms with E-state index in [1.165, 1.54) is 6.92 Å². The van der Waals surface area contributed by atoms with Crippen molar-refractivity contribution in [3.63, 3.8) is 0 Å². The Hall–Kier alpha value is -2.47. The fourth-order valence-corrected chi connectivity index (χ4v) is 1.71. The summed E-state index contributed by atoms with van der Waals surface area (Å²) in [4.78, 5) is 15.7. The van der Waals surface area contributed by atoms with Crippen LogP contribution in [0.15, 0.2) is 42.6 Å². The van der Waals surface area contributed by atoms with Crippen molar-refractivity contribution in [2.45, 2.75) is 6.92 Å². The molecule has 0 aliphatic heterocycles. The second-order valence-corrected chi connectivity index (χ2v) is 3.61. The molecule has 0 saturated heterocycles. The van der Waals surface area contributed by atoms with E-state index in [9.17, 15) is 4.79 Å². The molecule has 0 amide bonds. The van der Waals surface area contributed by atoms with Gasteiger partial charge in [-0.05, 0) is 19.1 Å². The van der Waals surface area contributed by atoms with E-state index in [4.69, 9.17) is 5.26 Å². The van der Waals surface area contributed by atoms with Crippen LogP contribution >= 0.6 is 0 Å². The summed E-state index contributed by atoms with van der Waals surface area (Å²) in [7, 11) is 0. The topological polar surface area (TPSA) is 53.8 Å². The first-order chi connectivity index (χ1) is 8.24. The number of hydrogen-bond donors (Lipinski definition) is 0. The van der Waals surface area contributed by atoms with Gasteiger partial charge in [0.25, 0.3) is 0 Å². The highest BCUT2D eigenvalue weighted by Crippen LogP contribution is 2.24. The first kappa shape index (κ1) is 11.0. The van der Waals surface area contributed by atoms with Gasteiger partial charge in [0, 0.05) is 17.3 Å². The SMILES string of the molecule is CC(=O)c1ccccc1-c1ncccc1C#N. The van der Waals surface area contributed by atoms with Gasteiger partial charge in [0.15, 0.2) is 5.78 Å². The number of hydrogen-bond acceptors (Lipinski definition) is 3. The van der Waals surface area contributed by atoms with Crippen LogP contribution in [0.2, 0.25) is 0 Å². The Bertz CT molecular complexity index is 612. The lowest BCUT2D eigenvalue weighted by Crippen LogP contribution is -1.98. The van der Waals surface area contributed by atoms with Crippen LogP contribution in [-0.2, 0) is 0 Å². The third-order valence-corrected chi connectivity index (χ3v) is 2.49. The molecule has 0 unspecified atom stereocenters. The Labute approximate surface area is 99.4 Å². The van der Waals surface area contributed by atoms with Crippen molar-refractivity contribution >= 4 is 5.78 Å². The van der Waals surface area contributed by atoms with E-state index >= 15 is 0 Å². The van der Waals surface area contributed by atoms with Crippen molar-refractivity contribution in [3.8, 4) is 17.3 Å². The zero-order chi connectivity index (χ0) is 12.3. The third kappa shape index (κ3) is 2.06. The average molecular weight is 222 g/mol. The summed E-state index contributed by atoms with van der Waals surface area (Å²) in [5.41, 5.74) is 2.32. The van der Waals surface area contributed by atoms with E-state index in [0.717, 1.165) is 0 Å². The van der Waals surface area contributed by atoms with Crippen LogP contribution in [0.4, 0.5) is 0 Å². The van der Waals surface area contributed by atoms with E-state index in [0.29, 0.717) is 22.4 Å². The number of aromatic nitrogens is 1. The molecule has 0 bridgehead atoms. The Kier molecular flexibility index (Phi) is 2.97. The highest BCUT2D eigenvalue weighted by Gasteiger charge is 2.12. The average Bonchev–Trinajstić information content (AvgIpc) is 2.38. The molecule has 0 fully saturated rings. The number of pyridine rings is 1. The van der Waals surface area contributed by atoms with Crippen LogP contribution in [0, 0.1) is 11.3 Å². The number of ketones is 1. The highest BCUT2D eigenvalue weighted by atomic mass is 16.1. The summed E-state index contributed by atoms with van der Waals surface area (Å²) in [6, 6.07) is 12.7. The second kappa shape index (κ2) is 4.58. The minimum Gasteiger partial charge on any atom is -0.294 e. The molecule has 0 aliphatic rings. The Morgan fingerprint density at radius 3 is 2.71 bits per heavy atom. The van der Waals surface area contributed by atoms with Crippen LogP contribution in [0.3, 0.4) is 0 Å². The van der Waals surface area contributed by atoms with Gasteiger partial charge in [-0.3, -0.25) is 9.78 Å². The first-order valence-corrected chi connectivity index (χ1v) is 5.19. The number of carbonyl (C=O) groups is 1. The quantitative estimate of drug-likeness (QED) is 0.734. The maximum Gasteiger partial charge on any atom is 0.160 e. The lowest BCUT2D eigenvalue weighted by atomic mass is 9.98. The van der Waals surface area contributed by atoms with E-state index < -0.39 is 0 Å². The minimum absolute atomic E-state index is 0.0323. The van der Waals surface area contributed by atoms with Gasteiger partial charge in [0.2, 0.25) is 0 Å². The third-order valence-electron chi connectivity index (χ3n) is 2.49. The number of carbonyl (C=O) groups excluding carboxylic acids is 1. The Balaban J connectivity index is 2.69. The summed E-state index contributed by atoms with van der Waals surface area (Å²) in [5.74, 6) is -0.0323. The summed E-state index contributed by atoms with van der Waals surface area (Å²) < 4.78 is 0. The molecule has 0 saturated carbocycles. The van der Waals surface area contributed by atoms with Gasteiger partial charge < -0.3 is 0 Å². The molecule has 1 heterocycles. The zero-order valence-electron chi connectivity index (χ0n) is 9.34. The Morgan fingerprint density at radius 1 is 1.24 bits per heavy atom. The number of rotatable bonds is 2. The van der Waals surface area contributed by atoms with Gasteiger partial charge in [0.1, 0.15) is 6.07 Å². The lowest BCUT2D eigenvalue weighted by molar-refractivity contribution is 0.101. The molecule has 1 aromatic heterocycles. The van der Waals surface area contributed by atoms with Gasteiger partial charge in [-0.2, -0.15) is 5.26 Å². The Morgan fingerprint density at radius 2 is 2.00 bits per heavy atom. The van der Waals surface area contributed by atoms with Crippen molar-refractivity contribution in [2.75, 3.05) is 0 Å². The van der Waals surface area contributed by atoms with Crippen LogP contribution in [0.25, 0.3) is 11.3 Å². The number of benzene rings is 1. The second-order valence-electron chi connectivity index (χ2n) is 3.61. The maximum atomic E-state index is 11.5. The van der Waals surface area contributed by atoms with Crippen molar-refractivity contribution in [1.82, 2.24) is 4.98 Å². The standard InChI is InChI=1S/C14H10N2O/c1-10(17)12-6-2-3-7-13(12)14-11(9-15)5-4-8-16-14/h2-8H,1H3. The normalized spacial score (nSPS) is 9.65. The summed E-state index contributed by atoms with van der Waals surface area (Å²) in [6.07, 6.45) is 1.62. The van der Waals surface area contributed by atoms with Crippen LogP contribution < -0.4 is 0 Å². The minimum atomic E-state index is -0.0323. The van der Waals surface area contributed by atoms with Crippen LogP contribution in [-0.4, -0.2) is 10.8 Å². The summed E-state index contributed by atoms with van der Waals surface area (Å²) >= 11 is 0. The van der Waals surface area contributed by atoms with Crippen molar-refractivity contribution in [1.29, 1.82) is 5.26 Å². The molecule has 0 N–H and O–H groups in total. The van der Waals surface area contributed by atoms with Gasteiger partial charge in [0.05, 0.1) is 11.3 Å². The molecule has 0 radical (unpaired) electrons. The molecule has 2 aromatic rings. The van der Waals surface area contributed by atoms with Crippen molar-refractivity contribution in [2.24, 2.45) is 0 Å². The largest absolute Gasteiger partial charge is 0.294 e. The van der Waals surface area contributed by atoms with Crippen molar-refractivity contribution < 1.29 is 4.79 Å². The van der Waals surface area contributed by atoms with Crippen molar-refractivity contribution in [3.05, 3.63) is 53.7 Å². The predicted molar refractivity (Wildman–Crippen MR) is 64.4 cm³/mol. The molecule has 17 heavy (non-hydrogen) atoms. The molecule has 3 nitrogen and oxygen atoms in total.